The fourth-order valence-electron chi connectivity index (χ4n) is 2.16. The van der Waals surface area contributed by atoms with E-state index in [-0.39, 0.29) is 17.0 Å². The van der Waals surface area contributed by atoms with Gasteiger partial charge >= 0.3 is 6.18 Å². The predicted molar refractivity (Wildman–Crippen MR) is 93.1 cm³/mol. The third-order valence-electron chi connectivity index (χ3n) is 3.35. The van der Waals surface area contributed by atoms with Crippen molar-refractivity contribution < 1.29 is 22.8 Å². The number of anilines is 1. The number of benzene rings is 2. The quantitative estimate of drug-likeness (QED) is 0.843. The second kappa shape index (κ2) is 7.19. The van der Waals surface area contributed by atoms with Crippen LogP contribution in [0.4, 0.5) is 18.9 Å². The topological polar surface area (TPSA) is 58.2 Å². The van der Waals surface area contributed by atoms with Crippen LogP contribution in [0.25, 0.3) is 0 Å². The Kier molecular flexibility index (Phi) is 5.39. The molecule has 138 valence electrons. The molecule has 2 rings (SSSR count). The van der Waals surface area contributed by atoms with E-state index in [1.54, 1.807) is 0 Å². The summed E-state index contributed by atoms with van der Waals surface area (Å²) in [6, 6.07) is 10.3. The van der Waals surface area contributed by atoms with Crippen LogP contribution in [0.1, 0.15) is 47.1 Å². The fraction of sp³-hybridized carbons (Fsp3) is 0.263. The first-order valence-electron chi connectivity index (χ1n) is 7.87. The molecule has 0 aromatic heterocycles. The number of alkyl halides is 3. The standard InChI is InChI=1S/C19H19F3N2O2/c1-18(2,3)24-17(26)12-7-9-15(10-8-12)23-16(25)13-5-4-6-14(11-13)19(20,21)22/h4-11H,1-3H3,(H,23,25)(H,24,26). The van der Waals surface area contributed by atoms with Crippen molar-refractivity contribution in [3.05, 3.63) is 65.2 Å². The van der Waals surface area contributed by atoms with Gasteiger partial charge in [-0.05, 0) is 63.2 Å². The largest absolute Gasteiger partial charge is 0.416 e. The van der Waals surface area contributed by atoms with E-state index in [0.29, 0.717) is 11.3 Å². The van der Waals surface area contributed by atoms with Crippen molar-refractivity contribution in [2.45, 2.75) is 32.5 Å². The zero-order valence-corrected chi connectivity index (χ0v) is 14.6. The lowest BCUT2D eigenvalue weighted by Gasteiger charge is -2.20. The van der Waals surface area contributed by atoms with Crippen LogP contribution in [0.3, 0.4) is 0 Å². The lowest BCUT2D eigenvalue weighted by molar-refractivity contribution is -0.137. The van der Waals surface area contributed by atoms with Crippen molar-refractivity contribution in [2.24, 2.45) is 0 Å². The number of rotatable bonds is 3. The minimum absolute atomic E-state index is 0.102. The van der Waals surface area contributed by atoms with E-state index in [1.807, 2.05) is 20.8 Å². The summed E-state index contributed by atoms with van der Waals surface area (Å²) in [4.78, 5) is 24.2. The van der Waals surface area contributed by atoms with Gasteiger partial charge in [0.15, 0.2) is 0 Å². The molecule has 0 atom stereocenters. The van der Waals surface area contributed by atoms with Crippen LogP contribution in [0, 0.1) is 0 Å². The molecule has 0 saturated heterocycles. The van der Waals surface area contributed by atoms with Crippen LogP contribution < -0.4 is 10.6 Å². The van der Waals surface area contributed by atoms with Crippen LogP contribution >= 0.6 is 0 Å². The highest BCUT2D eigenvalue weighted by atomic mass is 19.4. The summed E-state index contributed by atoms with van der Waals surface area (Å²) in [5, 5.41) is 5.32. The van der Waals surface area contributed by atoms with Gasteiger partial charge in [0.1, 0.15) is 0 Å². The van der Waals surface area contributed by atoms with Crippen molar-refractivity contribution in [3.63, 3.8) is 0 Å². The van der Waals surface area contributed by atoms with E-state index in [9.17, 15) is 22.8 Å². The van der Waals surface area contributed by atoms with Crippen LogP contribution in [0.15, 0.2) is 48.5 Å². The molecule has 2 amide bonds. The van der Waals surface area contributed by atoms with Crippen LogP contribution in [0.2, 0.25) is 0 Å². The van der Waals surface area contributed by atoms with Gasteiger partial charge in [0.05, 0.1) is 5.56 Å². The van der Waals surface area contributed by atoms with Gasteiger partial charge in [0, 0.05) is 22.4 Å². The Morgan fingerprint density at radius 2 is 1.46 bits per heavy atom. The third-order valence-corrected chi connectivity index (χ3v) is 3.35. The second-order valence-electron chi connectivity index (χ2n) is 6.81. The smallest absolute Gasteiger partial charge is 0.347 e. The molecule has 0 radical (unpaired) electrons. The summed E-state index contributed by atoms with van der Waals surface area (Å²) >= 11 is 0. The summed E-state index contributed by atoms with van der Waals surface area (Å²) < 4.78 is 38.2. The van der Waals surface area contributed by atoms with Crippen LogP contribution in [-0.2, 0) is 6.18 Å². The monoisotopic (exact) mass is 364 g/mol. The van der Waals surface area contributed by atoms with Gasteiger partial charge in [-0.1, -0.05) is 6.07 Å². The maximum Gasteiger partial charge on any atom is 0.416 e. The van der Waals surface area contributed by atoms with E-state index in [4.69, 9.17) is 0 Å². The summed E-state index contributed by atoms with van der Waals surface area (Å²) in [5.74, 6) is -0.920. The lowest BCUT2D eigenvalue weighted by Crippen LogP contribution is -2.40. The SMILES string of the molecule is CC(C)(C)NC(=O)c1ccc(NC(=O)c2cccc(C(F)(F)F)c2)cc1. The van der Waals surface area contributed by atoms with Gasteiger partial charge < -0.3 is 10.6 Å². The van der Waals surface area contributed by atoms with Crippen molar-refractivity contribution in [1.29, 1.82) is 0 Å². The first-order chi connectivity index (χ1) is 12.0. The number of halogens is 3. The summed E-state index contributed by atoms with van der Waals surface area (Å²) in [7, 11) is 0. The Balaban J connectivity index is 2.10. The summed E-state index contributed by atoms with van der Waals surface area (Å²) in [5.41, 5.74) is -0.585. The van der Waals surface area contributed by atoms with E-state index < -0.39 is 17.6 Å². The molecule has 0 aliphatic carbocycles. The number of nitrogens with one attached hydrogen (secondary N) is 2. The van der Waals surface area contributed by atoms with Gasteiger partial charge in [-0.2, -0.15) is 13.2 Å². The van der Waals surface area contributed by atoms with Crippen molar-refractivity contribution in [3.8, 4) is 0 Å². The highest BCUT2D eigenvalue weighted by molar-refractivity contribution is 6.04. The van der Waals surface area contributed by atoms with E-state index in [1.165, 1.54) is 36.4 Å². The van der Waals surface area contributed by atoms with Crippen molar-refractivity contribution in [2.75, 3.05) is 5.32 Å². The number of hydrogen-bond acceptors (Lipinski definition) is 2. The second-order valence-corrected chi connectivity index (χ2v) is 6.81. The van der Waals surface area contributed by atoms with Gasteiger partial charge in [0.25, 0.3) is 11.8 Å². The minimum Gasteiger partial charge on any atom is -0.347 e. The van der Waals surface area contributed by atoms with Crippen molar-refractivity contribution in [1.82, 2.24) is 5.32 Å². The molecule has 7 heteroatoms. The van der Waals surface area contributed by atoms with Gasteiger partial charge in [0.2, 0.25) is 0 Å². The minimum atomic E-state index is -4.52. The zero-order valence-electron chi connectivity index (χ0n) is 14.6. The van der Waals surface area contributed by atoms with Gasteiger partial charge in [-0.15, -0.1) is 0 Å². The maximum atomic E-state index is 12.7. The molecule has 2 aromatic rings. The molecule has 0 unspecified atom stereocenters. The molecule has 2 aromatic carbocycles. The Hall–Kier alpha value is -2.83. The molecular formula is C19H19F3N2O2. The molecule has 0 spiro atoms. The normalized spacial score (nSPS) is 11.8. The fourth-order valence-corrected chi connectivity index (χ4v) is 2.16. The Morgan fingerprint density at radius 3 is 2.00 bits per heavy atom. The molecule has 0 bridgehead atoms. The number of carbonyl (C=O) groups excluding carboxylic acids is 2. The van der Waals surface area contributed by atoms with Gasteiger partial charge in [-0.3, -0.25) is 9.59 Å². The summed E-state index contributed by atoms with van der Waals surface area (Å²) in [6.07, 6.45) is -4.52. The highest BCUT2D eigenvalue weighted by Crippen LogP contribution is 2.29. The molecule has 0 aliphatic heterocycles. The number of hydrogen-bond donors (Lipinski definition) is 2. The molecule has 4 nitrogen and oxygen atoms in total. The molecular weight excluding hydrogens is 345 g/mol. The number of carbonyl (C=O) groups is 2. The average Bonchev–Trinajstić information content (AvgIpc) is 2.53. The predicted octanol–water partition coefficient (Wildman–Crippen LogP) is 4.49. The van der Waals surface area contributed by atoms with E-state index >= 15 is 0 Å². The first kappa shape index (κ1) is 19.5. The van der Waals surface area contributed by atoms with Crippen LogP contribution in [-0.4, -0.2) is 17.4 Å². The van der Waals surface area contributed by atoms with E-state index in [0.717, 1.165) is 12.1 Å². The molecule has 2 N–H and O–H groups in total. The van der Waals surface area contributed by atoms with E-state index in [2.05, 4.69) is 10.6 Å². The summed E-state index contributed by atoms with van der Waals surface area (Å²) in [6.45, 7) is 5.57. The Labute approximate surface area is 149 Å². The third kappa shape index (κ3) is 5.34. The molecule has 0 saturated carbocycles. The molecule has 0 fully saturated rings. The maximum absolute atomic E-state index is 12.7. The zero-order chi connectivity index (χ0) is 19.5. The molecule has 26 heavy (non-hydrogen) atoms. The number of amides is 2. The molecule has 0 heterocycles. The highest BCUT2D eigenvalue weighted by Gasteiger charge is 2.30. The van der Waals surface area contributed by atoms with Crippen LogP contribution in [0.5, 0.6) is 0 Å². The molecule has 0 aliphatic rings. The Bertz CT molecular complexity index is 807. The lowest BCUT2D eigenvalue weighted by atomic mass is 10.1. The average molecular weight is 364 g/mol. The van der Waals surface area contributed by atoms with Crippen molar-refractivity contribution >= 4 is 17.5 Å². The van der Waals surface area contributed by atoms with Gasteiger partial charge in [-0.25, -0.2) is 0 Å². The first-order valence-corrected chi connectivity index (χ1v) is 7.87. The Morgan fingerprint density at radius 1 is 0.846 bits per heavy atom.